The number of hydrogen-bond donors (Lipinski definition) is 1. The van der Waals surface area contributed by atoms with E-state index in [9.17, 15) is 14.7 Å². The molecule has 0 unspecified atom stereocenters. The fraction of sp³-hybridized carbons (Fsp3) is 0.615. The van der Waals surface area contributed by atoms with E-state index in [1.165, 1.54) is 76.3 Å². The van der Waals surface area contributed by atoms with Gasteiger partial charge in [-0.1, -0.05) is 84.0 Å². The Kier molecular flexibility index (Phi) is 14.1. The molecule has 5 heteroatoms. The van der Waals surface area contributed by atoms with Crippen molar-refractivity contribution in [1.29, 1.82) is 0 Å². The SMILES string of the molecule is CCCCCCCCCCCCCCCC(=O)c1cc2c(C)cc(=O)oc2cc1O.[NaH]. The predicted molar refractivity (Wildman–Crippen MR) is 131 cm³/mol. The third-order valence-corrected chi connectivity index (χ3v) is 5.88. The van der Waals surface area contributed by atoms with Crippen molar-refractivity contribution in [2.75, 3.05) is 0 Å². The molecule has 0 aliphatic heterocycles. The van der Waals surface area contributed by atoms with Crippen molar-refractivity contribution in [2.45, 2.75) is 104 Å². The average Bonchev–Trinajstić information content (AvgIpc) is 2.70. The van der Waals surface area contributed by atoms with Crippen LogP contribution < -0.4 is 5.63 Å². The van der Waals surface area contributed by atoms with Crippen molar-refractivity contribution < 1.29 is 14.3 Å². The van der Waals surface area contributed by atoms with E-state index in [1.54, 1.807) is 13.0 Å². The molecule has 0 radical (unpaired) electrons. The zero-order valence-electron chi connectivity index (χ0n) is 18.8. The normalized spacial score (nSPS) is 10.9. The number of rotatable bonds is 15. The Hall–Kier alpha value is -1.10. The van der Waals surface area contributed by atoms with Crippen molar-refractivity contribution in [2.24, 2.45) is 0 Å². The fourth-order valence-electron chi connectivity index (χ4n) is 4.02. The average molecular weight is 439 g/mol. The Balaban J connectivity index is 0.00000480. The van der Waals surface area contributed by atoms with Gasteiger partial charge < -0.3 is 9.52 Å². The van der Waals surface area contributed by atoms with Crippen LogP contribution in [0.15, 0.2) is 27.4 Å². The van der Waals surface area contributed by atoms with Crippen LogP contribution in [0.3, 0.4) is 0 Å². The summed E-state index contributed by atoms with van der Waals surface area (Å²) in [5.41, 5.74) is 0.926. The number of unbranched alkanes of at least 4 members (excludes halogenated alkanes) is 12. The Bertz CT molecular complexity index is 856. The molecule has 0 atom stereocenters. The summed E-state index contributed by atoms with van der Waals surface area (Å²) in [6.45, 7) is 4.06. The summed E-state index contributed by atoms with van der Waals surface area (Å²) in [4.78, 5) is 24.0. The summed E-state index contributed by atoms with van der Waals surface area (Å²) in [6, 6.07) is 4.43. The third-order valence-electron chi connectivity index (χ3n) is 5.88. The molecule has 4 nitrogen and oxygen atoms in total. The van der Waals surface area contributed by atoms with Crippen molar-refractivity contribution in [3.05, 3.63) is 39.7 Å². The number of aromatic hydroxyl groups is 1. The van der Waals surface area contributed by atoms with Gasteiger partial charge in [0.15, 0.2) is 5.78 Å². The minimum atomic E-state index is -0.453. The van der Waals surface area contributed by atoms with E-state index in [2.05, 4.69) is 6.92 Å². The fourth-order valence-corrected chi connectivity index (χ4v) is 4.02. The molecule has 2 aromatic rings. The van der Waals surface area contributed by atoms with Crippen molar-refractivity contribution in [3.63, 3.8) is 0 Å². The Morgan fingerprint density at radius 3 is 1.90 bits per heavy atom. The maximum absolute atomic E-state index is 12.5. The van der Waals surface area contributed by atoms with E-state index >= 15 is 0 Å². The van der Waals surface area contributed by atoms with Crippen molar-refractivity contribution in [3.8, 4) is 5.75 Å². The van der Waals surface area contributed by atoms with E-state index < -0.39 is 5.63 Å². The van der Waals surface area contributed by atoms with Gasteiger partial charge in [0.05, 0.1) is 5.56 Å². The van der Waals surface area contributed by atoms with Crippen LogP contribution in [0, 0.1) is 6.92 Å². The molecule has 0 bridgehead atoms. The van der Waals surface area contributed by atoms with E-state index in [0.717, 1.165) is 24.8 Å². The van der Waals surface area contributed by atoms with Gasteiger partial charge in [-0.25, -0.2) is 4.79 Å². The van der Waals surface area contributed by atoms with Crippen LogP contribution in [0.25, 0.3) is 11.0 Å². The second-order valence-electron chi connectivity index (χ2n) is 8.53. The van der Waals surface area contributed by atoms with Crippen molar-refractivity contribution >= 4 is 46.3 Å². The van der Waals surface area contributed by atoms with Gasteiger partial charge in [-0.3, -0.25) is 4.79 Å². The second kappa shape index (κ2) is 15.7. The maximum atomic E-state index is 12.5. The van der Waals surface area contributed by atoms with Crippen LogP contribution in [0.2, 0.25) is 0 Å². The Labute approximate surface area is 209 Å². The number of carbonyl (C=O) groups is 1. The first kappa shape index (κ1) is 27.9. The number of ketones is 1. The van der Waals surface area contributed by atoms with E-state index in [-0.39, 0.29) is 41.1 Å². The van der Waals surface area contributed by atoms with Crippen LogP contribution >= 0.6 is 0 Å². The molecule has 1 aromatic heterocycles. The molecule has 1 N–H and O–H groups in total. The topological polar surface area (TPSA) is 67.5 Å². The molecule has 1 heterocycles. The number of phenols is 1. The molecule has 0 aliphatic carbocycles. The zero-order valence-corrected chi connectivity index (χ0v) is 18.8. The van der Waals surface area contributed by atoms with Gasteiger partial charge in [0, 0.05) is 23.9 Å². The molecule has 168 valence electrons. The predicted octanol–water partition coefficient (Wildman–Crippen LogP) is 6.82. The molecule has 0 amide bonds. The van der Waals surface area contributed by atoms with Crippen LogP contribution in [0.1, 0.15) is 113 Å². The molecule has 0 saturated carbocycles. The van der Waals surface area contributed by atoms with Gasteiger partial charge in [0.2, 0.25) is 0 Å². The second-order valence-corrected chi connectivity index (χ2v) is 8.53. The molecule has 0 spiro atoms. The van der Waals surface area contributed by atoms with Crippen LogP contribution in [0.4, 0.5) is 0 Å². The number of fused-ring (bicyclic) bond motifs is 1. The van der Waals surface area contributed by atoms with Gasteiger partial charge in [0.1, 0.15) is 11.3 Å². The van der Waals surface area contributed by atoms with Gasteiger partial charge in [-0.2, -0.15) is 0 Å². The van der Waals surface area contributed by atoms with E-state index in [4.69, 9.17) is 4.42 Å². The summed E-state index contributed by atoms with van der Waals surface area (Å²) in [6.07, 6.45) is 16.9. The molecular formula is C26H39NaO4. The van der Waals surface area contributed by atoms with Gasteiger partial charge in [0.25, 0.3) is 0 Å². The van der Waals surface area contributed by atoms with Gasteiger partial charge >= 0.3 is 35.2 Å². The first-order valence-electron chi connectivity index (χ1n) is 11.8. The summed E-state index contributed by atoms with van der Waals surface area (Å²) in [7, 11) is 0. The number of phenolic OH excluding ortho intramolecular Hbond substituents is 1. The number of aryl methyl sites for hydroxylation is 1. The summed E-state index contributed by atoms with van der Waals surface area (Å²) < 4.78 is 5.11. The standard InChI is InChI=1S/C26H38O4.Na.H/c1-3-4-5-6-7-8-9-10-11-12-13-14-15-16-23(27)22-18-21-20(2)17-26(29)30-25(21)19-24(22)28;;/h17-19,28H,3-16H2,1-2H3;;. The number of Topliss-reactive ketones (excluding diaryl/α,β-unsaturated/α-hetero) is 1. The van der Waals surface area contributed by atoms with E-state index in [0.29, 0.717) is 23.0 Å². The molecule has 0 aliphatic rings. The molecule has 1 aromatic carbocycles. The molecule has 0 fully saturated rings. The first-order chi connectivity index (χ1) is 14.5. The van der Waals surface area contributed by atoms with Gasteiger partial charge in [-0.05, 0) is 25.0 Å². The number of hydrogen-bond acceptors (Lipinski definition) is 4. The molecular weight excluding hydrogens is 399 g/mol. The summed E-state index contributed by atoms with van der Waals surface area (Å²) in [5, 5.41) is 10.9. The van der Waals surface area contributed by atoms with Crippen LogP contribution in [-0.2, 0) is 0 Å². The number of carbonyl (C=O) groups excluding carboxylic acids is 1. The monoisotopic (exact) mass is 438 g/mol. The van der Waals surface area contributed by atoms with E-state index in [1.807, 2.05) is 0 Å². The van der Waals surface area contributed by atoms with Crippen LogP contribution in [-0.4, -0.2) is 40.4 Å². The zero-order chi connectivity index (χ0) is 21.8. The summed E-state index contributed by atoms with van der Waals surface area (Å²) >= 11 is 0. The Morgan fingerprint density at radius 1 is 0.839 bits per heavy atom. The molecule has 2 rings (SSSR count). The van der Waals surface area contributed by atoms with Gasteiger partial charge in [-0.15, -0.1) is 0 Å². The summed E-state index contributed by atoms with van der Waals surface area (Å²) in [5.74, 6) is -0.168. The Morgan fingerprint density at radius 2 is 1.35 bits per heavy atom. The molecule has 0 saturated heterocycles. The molecule has 31 heavy (non-hydrogen) atoms. The minimum absolute atomic E-state index is 0. The van der Waals surface area contributed by atoms with Crippen LogP contribution in [0.5, 0.6) is 5.75 Å². The number of benzene rings is 1. The quantitative estimate of drug-likeness (QED) is 0.143. The third kappa shape index (κ3) is 9.93. The van der Waals surface area contributed by atoms with Crippen molar-refractivity contribution in [1.82, 2.24) is 0 Å². The first-order valence-corrected chi connectivity index (χ1v) is 11.8.